The number of carbonyl (C=O) groups excluding carboxylic acids is 2. The van der Waals surface area contributed by atoms with Crippen molar-refractivity contribution in [3.05, 3.63) is 59.2 Å². The van der Waals surface area contributed by atoms with E-state index in [1.807, 2.05) is 50.4 Å². The monoisotopic (exact) mass is 329 g/mol. The summed E-state index contributed by atoms with van der Waals surface area (Å²) in [6.45, 7) is 3.43. The van der Waals surface area contributed by atoms with Crippen LogP contribution in [0.2, 0.25) is 0 Å². The molecule has 2 rings (SSSR count). The SMILES string of the molecule is CSc1cccc(NC(=O)COC(=O)c2cc(C)ccc2C)c1. The van der Waals surface area contributed by atoms with Crippen LogP contribution in [0.5, 0.6) is 0 Å². The Kier molecular flexibility index (Phi) is 5.82. The number of aryl methyl sites for hydroxylation is 2. The summed E-state index contributed by atoms with van der Waals surface area (Å²) in [5, 5.41) is 2.72. The highest BCUT2D eigenvalue weighted by atomic mass is 32.2. The summed E-state index contributed by atoms with van der Waals surface area (Å²) in [5.74, 6) is -0.846. The normalized spacial score (nSPS) is 10.2. The summed E-state index contributed by atoms with van der Waals surface area (Å²) in [5.41, 5.74) is 2.97. The second-order valence-corrected chi connectivity index (χ2v) is 6.05. The van der Waals surface area contributed by atoms with Gasteiger partial charge in [-0.25, -0.2) is 4.79 Å². The van der Waals surface area contributed by atoms with Gasteiger partial charge in [-0.3, -0.25) is 4.79 Å². The average Bonchev–Trinajstić information content (AvgIpc) is 2.55. The second-order valence-electron chi connectivity index (χ2n) is 5.17. The van der Waals surface area contributed by atoms with Gasteiger partial charge in [-0.1, -0.05) is 23.8 Å². The highest BCUT2D eigenvalue weighted by Gasteiger charge is 2.13. The topological polar surface area (TPSA) is 55.4 Å². The molecule has 0 aliphatic rings. The van der Waals surface area contributed by atoms with Crippen molar-refractivity contribution in [3.8, 4) is 0 Å². The molecule has 120 valence electrons. The van der Waals surface area contributed by atoms with Crippen molar-refractivity contribution in [1.29, 1.82) is 0 Å². The minimum atomic E-state index is -0.487. The number of carbonyl (C=O) groups is 2. The largest absolute Gasteiger partial charge is 0.452 e. The molecule has 0 radical (unpaired) electrons. The molecule has 0 heterocycles. The van der Waals surface area contributed by atoms with Gasteiger partial charge in [-0.2, -0.15) is 0 Å². The maximum absolute atomic E-state index is 12.1. The third-order valence-corrected chi connectivity index (χ3v) is 4.03. The quantitative estimate of drug-likeness (QED) is 0.669. The molecule has 0 atom stereocenters. The first kappa shape index (κ1) is 17.1. The first-order valence-electron chi connectivity index (χ1n) is 7.18. The van der Waals surface area contributed by atoms with Crippen LogP contribution in [0.3, 0.4) is 0 Å². The molecule has 23 heavy (non-hydrogen) atoms. The Morgan fingerprint density at radius 2 is 1.91 bits per heavy atom. The zero-order valence-corrected chi connectivity index (χ0v) is 14.2. The first-order valence-corrected chi connectivity index (χ1v) is 8.40. The number of ether oxygens (including phenoxy) is 1. The van der Waals surface area contributed by atoms with Crippen LogP contribution in [0.15, 0.2) is 47.4 Å². The van der Waals surface area contributed by atoms with Crippen LogP contribution < -0.4 is 5.32 Å². The van der Waals surface area contributed by atoms with Crippen LogP contribution in [-0.2, 0) is 9.53 Å². The van der Waals surface area contributed by atoms with E-state index in [1.54, 1.807) is 23.9 Å². The van der Waals surface area contributed by atoms with E-state index in [4.69, 9.17) is 4.74 Å². The van der Waals surface area contributed by atoms with Gasteiger partial charge in [0.25, 0.3) is 5.91 Å². The van der Waals surface area contributed by atoms with Crippen molar-refractivity contribution in [1.82, 2.24) is 0 Å². The van der Waals surface area contributed by atoms with Gasteiger partial charge >= 0.3 is 5.97 Å². The van der Waals surface area contributed by atoms with Crippen LogP contribution in [0, 0.1) is 13.8 Å². The number of nitrogens with one attached hydrogen (secondary N) is 1. The minimum Gasteiger partial charge on any atom is -0.452 e. The van der Waals surface area contributed by atoms with Gasteiger partial charge in [0.05, 0.1) is 5.56 Å². The van der Waals surface area contributed by atoms with E-state index in [2.05, 4.69) is 5.32 Å². The van der Waals surface area contributed by atoms with Gasteiger partial charge in [0.2, 0.25) is 0 Å². The van der Waals surface area contributed by atoms with Crippen LogP contribution in [0.25, 0.3) is 0 Å². The van der Waals surface area contributed by atoms with Crippen molar-refractivity contribution in [2.45, 2.75) is 18.7 Å². The Morgan fingerprint density at radius 3 is 2.65 bits per heavy atom. The van der Waals surface area contributed by atoms with Gasteiger partial charge in [-0.05, 0) is 49.9 Å². The molecule has 0 saturated carbocycles. The molecule has 4 nitrogen and oxygen atoms in total. The van der Waals surface area contributed by atoms with Crippen molar-refractivity contribution >= 4 is 29.3 Å². The smallest absolute Gasteiger partial charge is 0.338 e. The molecule has 0 fully saturated rings. The summed E-state index contributed by atoms with van der Waals surface area (Å²) in [4.78, 5) is 25.0. The molecule has 0 unspecified atom stereocenters. The van der Waals surface area contributed by atoms with Crippen molar-refractivity contribution < 1.29 is 14.3 Å². The molecule has 0 aliphatic heterocycles. The van der Waals surface area contributed by atoms with E-state index in [0.29, 0.717) is 11.3 Å². The van der Waals surface area contributed by atoms with Gasteiger partial charge in [-0.15, -0.1) is 11.8 Å². The Hall–Kier alpha value is -2.27. The lowest BCUT2D eigenvalue weighted by Crippen LogP contribution is -2.21. The molecule has 2 aromatic carbocycles. The first-order chi connectivity index (χ1) is 11.0. The van der Waals surface area contributed by atoms with Crippen LogP contribution in [-0.4, -0.2) is 24.7 Å². The predicted octanol–water partition coefficient (Wildman–Crippen LogP) is 3.82. The molecule has 0 bridgehead atoms. The van der Waals surface area contributed by atoms with E-state index in [0.717, 1.165) is 16.0 Å². The zero-order chi connectivity index (χ0) is 16.8. The lowest BCUT2D eigenvalue weighted by molar-refractivity contribution is -0.119. The Balaban J connectivity index is 1.93. The summed E-state index contributed by atoms with van der Waals surface area (Å²) >= 11 is 1.59. The summed E-state index contributed by atoms with van der Waals surface area (Å²) in [6, 6.07) is 13.0. The number of anilines is 1. The molecular formula is C18H19NO3S. The second kappa shape index (κ2) is 7.83. The highest BCUT2D eigenvalue weighted by molar-refractivity contribution is 7.98. The fraction of sp³-hybridized carbons (Fsp3) is 0.222. The molecule has 0 saturated heterocycles. The van der Waals surface area contributed by atoms with Crippen LogP contribution in [0.1, 0.15) is 21.5 Å². The third kappa shape index (κ3) is 4.86. The standard InChI is InChI=1S/C18H19NO3S/c1-12-7-8-13(2)16(9-12)18(21)22-11-17(20)19-14-5-4-6-15(10-14)23-3/h4-10H,11H2,1-3H3,(H,19,20). The molecule has 0 aliphatic carbocycles. The number of thioether (sulfide) groups is 1. The number of esters is 1. The van der Waals surface area contributed by atoms with Crippen LogP contribution >= 0.6 is 11.8 Å². The van der Waals surface area contributed by atoms with Gasteiger partial charge in [0.1, 0.15) is 0 Å². The summed E-state index contributed by atoms with van der Waals surface area (Å²) in [7, 11) is 0. The van der Waals surface area contributed by atoms with E-state index >= 15 is 0 Å². The Bertz CT molecular complexity index is 728. The van der Waals surface area contributed by atoms with Gasteiger partial charge in [0.15, 0.2) is 6.61 Å². The van der Waals surface area contributed by atoms with E-state index in [-0.39, 0.29) is 12.5 Å². The molecule has 0 spiro atoms. The number of amides is 1. The summed E-state index contributed by atoms with van der Waals surface area (Å²) < 4.78 is 5.10. The maximum Gasteiger partial charge on any atom is 0.338 e. The van der Waals surface area contributed by atoms with E-state index in [9.17, 15) is 9.59 Å². The molecule has 1 amide bonds. The number of rotatable bonds is 5. The van der Waals surface area contributed by atoms with Crippen molar-refractivity contribution in [3.63, 3.8) is 0 Å². The van der Waals surface area contributed by atoms with Gasteiger partial charge in [0, 0.05) is 10.6 Å². The number of benzene rings is 2. The fourth-order valence-electron chi connectivity index (χ4n) is 2.06. The zero-order valence-electron chi connectivity index (χ0n) is 13.4. The van der Waals surface area contributed by atoms with Crippen LogP contribution in [0.4, 0.5) is 5.69 Å². The van der Waals surface area contributed by atoms with E-state index < -0.39 is 5.97 Å². The maximum atomic E-state index is 12.1. The minimum absolute atomic E-state index is 0.310. The molecule has 0 aromatic heterocycles. The van der Waals surface area contributed by atoms with E-state index in [1.165, 1.54) is 0 Å². The lowest BCUT2D eigenvalue weighted by Gasteiger charge is -2.09. The average molecular weight is 329 g/mol. The third-order valence-electron chi connectivity index (χ3n) is 3.30. The van der Waals surface area contributed by atoms with Crippen molar-refractivity contribution in [2.24, 2.45) is 0 Å². The van der Waals surface area contributed by atoms with Crippen molar-refractivity contribution in [2.75, 3.05) is 18.2 Å². The molecular weight excluding hydrogens is 310 g/mol. The molecule has 2 aromatic rings. The Morgan fingerprint density at radius 1 is 1.13 bits per heavy atom. The lowest BCUT2D eigenvalue weighted by atomic mass is 10.1. The number of hydrogen-bond acceptors (Lipinski definition) is 4. The Labute approximate surface area is 140 Å². The molecule has 5 heteroatoms. The summed E-state index contributed by atoms with van der Waals surface area (Å²) in [6.07, 6.45) is 1.97. The highest BCUT2D eigenvalue weighted by Crippen LogP contribution is 2.19. The van der Waals surface area contributed by atoms with Gasteiger partial charge < -0.3 is 10.1 Å². The fourth-order valence-corrected chi connectivity index (χ4v) is 2.52. The molecule has 1 N–H and O–H groups in total. The number of hydrogen-bond donors (Lipinski definition) is 1. The predicted molar refractivity (Wildman–Crippen MR) is 93.1 cm³/mol.